The van der Waals surface area contributed by atoms with Crippen molar-refractivity contribution >= 4 is 5.91 Å². The highest BCUT2D eigenvalue weighted by atomic mass is 16.7. The molecule has 1 saturated carbocycles. The Morgan fingerprint density at radius 2 is 2.05 bits per heavy atom. The van der Waals surface area contributed by atoms with E-state index in [-0.39, 0.29) is 38.6 Å². The Hall–Kier alpha value is -1.47. The number of ether oxygens (including phenoxy) is 3. The molecule has 0 aromatic carbocycles. The number of carbonyl (C=O) groups excluding carboxylic acids is 1. The van der Waals surface area contributed by atoms with E-state index in [1.165, 1.54) is 6.92 Å². The molecular formula is C28H53N7O8. The molecule has 15 heteroatoms. The molecule has 0 aromatic heterocycles. The molecule has 3 unspecified atom stereocenters. The van der Waals surface area contributed by atoms with Crippen LogP contribution in [0.4, 0.5) is 0 Å². The molecular weight excluding hydrogens is 562 g/mol. The van der Waals surface area contributed by atoms with Crippen LogP contribution in [0.25, 0.3) is 0 Å². The van der Waals surface area contributed by atoms with Crippen molar-refractivity contribution in [3.05, 3.63) is 11.8 Å². The van der Waals surface area contributed by atoms with Gasteiger partial charge < -0.3 is 73.1 Å². The summed E-state index contributed by atoms with van der Waals surface area (Å²) >= 11 is 0. The molecule has 4 aliphatic rings. The normalized spacial score (nSPS) is 42.6. The Balaban J connectivity index is 1.59. The third kappa shape index (κ3) is 8.04. The number of hydrogen-bond donors (Lipinski definition) is 11. The maximum atomic E-state index is 12.8. The molecule has 15 nitrogen and oxygen atoms in total. The van der Waals surface area contributed by atoms with Crippen molar-refractivity contribution in [2.45, 2.75) is 112 Å². The average molecular weight is 616 g/mol. The van der Waals surface area contributed by atoms with Gasteiger partial charge >= 0.3 is 0 Å². The van der Waals surface area contributed by atoms with Crippen LogP contribution in [0, 0.1) is 5.92 Å². The van der Waals surface area contributed by atoms with E-state index in [4.69, 9.17) is 31.4 Å². The first kappa shape index (κ1) is 34.4. The SMILES string of the molecule is CN[C@@H]1[C@@H](O)[C@@H](O[C@H]2[C@H](NC(=O)[C@@H](O)CCN)C[C@H](N)C([C@H]3OC(CN)=CC[C@H]3NCC3CCCN3)[C@@H]2O)OCC1(C)O. The number of nitrogens with one attached hydrogen (secondary N) is 4. The number of nitrogens with two attached hydrogens (primary N) is 3. The van der Waals surface area contributed by atoms with E-state index >= 15 is 0 Å². The number of aliphatic hydroxyl groups is 4. The molecule has 3 fully saturated rings. The minimum Gasteiger partial charge on any atom is -0.492 e. The highest BCUT2D eigenvalue weighted by Gasteiger charge is 2.53. The van der Waals surface area contributed by atoms with Crippen molar-refractivity contribution in [2.75, 3.05) is 39.8 Å². The highest BCUT2D eigenvalue weighted by molar-refractivity contribution is 5.80. The van der Waals surface area contributed by atoms with E-state index in [9.17, 15) is 25.2 Å². The Morgan fingerprint density at radius 1 is 1.28 bits per heavy atom. The fourth-order valence-corrected chi connectivity index (χ4v) is 6.94. The molecule has 1 amide bonds. The molecule has 1 aliphatic carbocycles. The van der Waals surface area contributed by atoms with Crippen molar-refractivity contribution in [3.8, 4) is 0 Å². The van der Waals surface area contributed by atoms with Gasteiger partial charge in [0.25, 0.3) is 0 Å². The van der Waals surface area contributed by atoms with Crippen LogP contribution < -0.4 is 38.5 Å². The lowest BCUT2D eigenvalue weighted by Crippen LogP contribution is -2.69. The predicted octanol–water partition coefficient (Wildman–Crippen LogP) is -4.33. The van der Waals surface area contributed by atoms with Crippen molar-refractivity contribution in [1.82, 2.24) is 21.3 Å². The van der Waals surface area contributed by atoms with Crippen LogP contribution in [0.5, 0.6) is 0 Å². The quantitative estimate of drug-likeness (QED) is 0.0993. The van der Waals surface area contributed by atoms with Gasteiger partial charge in [-0.2, -0.15) is 0 Å². The zero-order valence-corrected chi connectivity index (χ0v) is 25.2. The minimum atomic E-state index is -1.38. The van der Waals surface area contributed by atoms with Crippen LogP contribution in [0.15, 0.2) is 11.8 Å². The van der Waals surface area contributed by atoms with Crippen molar-refractivity contribution < 1.29 is 39.4 Å². The lowest BCUT2D eigenvalue weighted by molar-refractivity contribution is -0.297. The minimum absolute atomic E-state index is 0.0536. The maximum Gasteiger partial charge on any atom is 0.249 e. The number of rotatable bonds is 12. The first-order chi connectivity index (χ1) is 20.5. The lowest BCUT2D eigenvalue weighted by Gasteiger charge is -2.51. The van der Waals surface area contributed by atoms with Crippen LogP contribution in [0.3, 0.4) is 0 Å². The molecule has 13 atom stereocenters. The van der Waals surface area contributed by atoms with Gasteiger partial charge in [0.05, 0.1) is 31.3 Å². The number of likely N-dealkylation sites (N-methyl/N-ethyl adjacent to an activating group) is 1. The van der Waals surface area contributed by atoms with E-state index in [0.29, 0.717) is 18.2 Å². The third-order valence-electron chi connectivity index (χ3n) is 9.30. The monoisotopic (exact) mass is 615 g/mol. The van der Waals surface area contributed by atoms with Gasteiger partial charge in [-0.05, 0) is 65.2 Å². The first-order valence-corrected chi connectivity index (χ1v) is 15.5. The van der Waals surface area contributed by atoms with Crippen molar-refractivity contribution in [1.29, 1.82) is 0 Å². The standard InChI is InChI=1S/C28H53N7O8/c1-28(40)13-41-27(22(38)25(28)32-2)43-24-18(35-26(39)19(36)7-8-29)10-16(31)20(21(24)37)23-17(6-5-15(11-30)42-23)34-12-14-4-3-9-33-14/h5,14,16-25,27,32-34,36-38,40H,3-4,6-13,29-31H2,1-2H3,(H,35,39)/t14?,16-,17+,18+,19-,20?,21-,22+,23-,24-,25+,27+,28?/m0/s1. The van der Waals surface area contributed by atoms with Gasteiger partial charge in [-0.3, -0.25) is 4.79 Å². The summed E-state index contributed by atoms with van der Waals surface area (Å²) < 4.78 is 18.3. The average Bonchev–Trinajstić information content (AvgIpc) is 3.49. The largest absolute Gasteiger partial charge is 0.492 e. The third-order valence-corrected chi connectivity index (χ3v) is 9.30. The number of amides is 1. The van der Waals surface area contributed by atoms with Gasteiger partial charge in [0.1, 0.15) is 35.8 Å². The molecule has 0 bridgehead atoms. The van der Waals surface area contributed by atoms with Crippen LogP contribution in [0.1, 0.15) is 39.0 Å². The lowest BCUT2D eigenvalue weighted by atomic mass is 9.72. The van der Waals surface area contributed by atoms with E-state index < -0.39 is 72.4 Å². The van der Waals surface area contributed by atoms with Gasteiger partial charge in [0.2, 0.25) is 5.91 Å². The van der Waals surface area contributed by atoms with Gasteiger partial charge in [0.15, 0.2) is 6.29 Å². The first-order valence-electron chi connectivity index (χ1n) is 15.5. The fraction of sp³-hybridized carbons (Fsp3) is 0.893. The highest BCUT2D eigenvalue weighted by Crippen LogP contribution is 2.37. The topological polar surface area (TPSA) is 252 Å². The predicted molar refractivity (Wildman–Crippen MR) is 157 cm³/mol. The number of aliphatic hydroxyl groups excluding tert-OH is 3. The molecule has 3 aliphatic heterocycles. The Morgan fingerprint density at radius 3 is 2.70 bits per heavy atom. The van der Waals surface area contributed by atoms with Crippen LogP contribution in [-0.4, -0.2) is 139 Å². The second-order valence-corrected chi connectivity index (χ2v) is 12.6. The summed E-state index contributed by atoms with van der Waals surface area (Å²) in [5, 5.41) is 56.8. The van der Waals surface area contributed by atoms with E-state index in [1.807, 2.05) is 6.08 Å². The molecule has 0 radical (unpaired) electrons. The van der Waals surface area contributed by atoms with Crippen molar-refractivity contribution in [3.63, 3.8) is 0 Å². The van der Waals surface area contributed by atoms with Crippen LogP contribution >= 0.6 is 0 Å². The summed E-state index contributed by atoms with van der Waals surface area (Å²) in [4.78, 5) is 12.8. The molecule has 248 valence electrons. The molecule has 3 heterocycles. The summed E-state index contributed by atoms with van der Waals surface area (Å²) in [6.45, 7) is 3.39. The molecule has 2 saturated heterocycles. The van der Waals surface area contributed by atoms with E-state index in [2.05, 4.69) is 21.3 Å². The summed E-state index contributed by atoms with van der Waals surface area (Å²) in [5.41, 5.74) is 16.8. The number of carbonyl (C=O) groups is 1. The molecule has 4 rings (SSSR count). The van der Waals surface area contributed by atoms with Crippen molar-refractivity contribution in [2.24, 2.45) is 23.1 Å². The Kier molecular flexibility index (Phi) is 12.2. The van der Waals surface area contributed by atoms with Gasteiger partial charge in [-0.15, -0.1) is 0 Å². The summed E-state index contributed by atoms with van der Waals surface area (Å²) in [6.07, 6.45) is -1.85. The number of hydrogen-bond acceptors (Lipinski definition) is 14. The molecule has 14 N–H and O–H groups in total. The fourth-order valence-electron chi connectivity index (χ4n) is 6.94. The van der Waals surface area contributed by atoms with Gasteiger partial charge in [-0.25, -0.2) is 0 Å². The summed E-state index contributed by atoms with van der Waals surface area (Å²) in [5.74, 6) is -0.723. The summed E-state index contributed by atoms with van der Waals surface area (Å²) in [7, 11) is 1.61. The summed E-state index contributed by atoms with van der Waals surface area (Å²) in [6, 6.07) is -2.10. The molecule has 43 heavy (non-hydrogen) atoms. The smallest absolute Gasteiger partial charge is 0.249 e. The second kappa shape index (κ2) is 15.2. The zero-order valence-electron chi connectivity index (χ0n) is 25.2. The van der Waals surface area contributed by atoms with Crippen LogP contribution in [0.2, 0.25) is 0 Å². The van der Waals surface area contributed by atoms with E-state index in [0.717, 1.165) is 25.9 Å². The zero-order chi connectivity index (χ0) is 31.3. The second-order valence-electron chi connectivity index (χ2n) is 12.6. The molecule has 0 spiro atoms. The Labute approximate surface area is 253 Å². The maximum absolute atomic E-state index is 12.8. The van der Waals surface area contributed by atoms with Gasteiger partial charge in [0, 0.05) is 30.6 Å². The van der Waals surface area contributed by atoms with E-state index in [1.54, 1.807) is 7.05 Å². The van der Waals surface area contributed by atoms with Gasteiger partial charge in [-0.1, -0.05) is 0 Å². The molecule has 0 aromatic rings. The Bertz CT molecular complexity index is 939. The van der Waals surface area contributed by atoms with Crippen LogP contribution in [-0.2, 0) is 19.0 Å².